The van der Waals surface area contributed by atoms with E-state index in [1.165, 1.54) is 13.2 Å². The molecule has 2 aromatic carbocycles. The Morgan fingerprint density at radius 2 is 1.80 bits per heavy atom. The summed E-state index contributed by atoms with van der Waals surface area (Å²) >= 11 is 0. The summed E-state index contributed by atoms with van der Waals surface area (Å²) in [5.41, 5.74) is 3.26. The molecule has 0 aliphatic carbocycles. The predicted octanol–water partition coefficient (Wildman–Crippen LogP) is 4.98. The molecule has 4 nitrogen and oxygen atoms in total. The third-order valence-corrected chi connectivity index (χ3v) is 4.07. The van der Waals surface area contributed by atoms with E-state index >= 15 is 0 Å². The highest BCUT2D eigenvalue weighted by atomic mass is 19.1. The monoisotopic (exact) mass is 346 g/mol. The summed E-state index contributed by atoms with van der Waals surface area (Å²) in [6.07, 6.45) is 0.589. The number of rotatable bonds is 6. The van der Waals surface area contributed by atoms with Gasteiger partial charge in [-0.2, -0.15) is 0 Å². The normalized spacial score (nSPS) is 10.4. The second-order valence-corrected chi connectivity index (χ2v) is 5.65. The van der Waals surface area contributed by atoms with Crippen molar-refractivity contribution in [2.45, 2.75) is 40.2 Å². The van der Waals surface area contributed by atoms with Gasteiger partial charge in [-0.15, -0.1) is 0 Å². The Kier molecular flexibility index (Phi) is 6.39. The molecule has 0 saturated heterocycles. The minimum atomic E-state index is -0.788. The number of hydrogen-bond acceptors (Lipinski definition) is 4. The van der Waals surface area contributed by atoms with Crippen LogP contribution in [0.4, 0.5) is 9.18 Å². The maximum absolute atomic E-state index is 14.0. The van der Waals surface area contributed by atoms with Crippen molar-refractivity contribution in [2.24, 2.45) is 0 Å². The zero-order chi connectivity index (χ0) is 18.4. The first-order valence-electron chi connectivity index (χ1n) is 8.28. The number of methoxy groups -OCH3 is 1. The van der Waals surface area contributed by atoms with E-state index in [1.54, 1.807) is 12.1 Å². The van der Waals surface area contributed by atoms with Gasteiger partial charge in [0, 0.05) is 11.6 Å². The van der Waals surface area contributed by atoms with Crippen LogP contribution in [-0.4, -0.2) is 13.3 Å². The summed E-state index contributed by atoms with van der Waals surface area (Å²) in [6, 6.07) is 8.63. The van der Waals surface area contributed by atoms with Gasteiger partial charge in [-0.05, 0) is 48.6 Å². The van der Waals surface area contributed by atoms with E-state index in [0.29, 0.717) is 23.5 Å². The summed E-state index contributed by atoms with van der Waals surface area (Å²) in [4.78, 5) is 11.4. The Balaban J connectivity index is 2.28. The van der Waals surface area contributed by atoms with Crippen LogP contribution >= 0.6 is 0 Å². The van der Waals surface area contributed by atoms with Crippen LogP contribution in [0.5, 0.6) is 11.5 Å². The van der Waals surface area contributed by atoms with E-state index in [9.17, 15) is 9.18 Å². The summed E-state index contributed by atoms with van der Waals surface area (Å²) < 4.78 is 29.6. The van der Waals surface area contributed by atoms with E-state index in [2.05, 4.69) is 4.74 Å². The number of carbonyl (C=O) groups is 1. The SMILES string of the molecule is CCc1cc(C)c(OCc2c(CC)cccc2OC(=O)OC)cc1F. The van der Waals surface area contributed by atoms with Gasteiger partial charge in [0.1, 0.15) is 23.9 Å². The van der Waals surface area contributed by atoms with Crippen LogP contribution < -0.4 is 9.47 Å². The fraction of sp³-hybridized carbons (Fsp3) is 0.350. The van der Waals surface area contributed by atoms with E-state index in [-0.39, 0.29) is 12.4 Å². The van der Waals surface area contributed by atoms with Crippen molar-refractivity contribution in [3.63, 3.8) is 0 Å². The molecule has 0 saturated carbocycles. The second kappa shape index (κ2) is 8.51. The van der Waals surface area contributed by atoms with Crippen molar-refractivity contribution >= 4 is 6.16 Å². The maximum atomic E-state index is 14.0. The molecule has 0 N–H and O–H groups in total. The van der Waals surface area contributed by atoms with Crippen LogP contribution in [0.2, 0.25) is 0 Å². The third kappa shape index (κ3) is 4.50. The third-order valence-electron chi connectivity index (χ3n) is 4.07. The van der Waals surface area contributed by atoms with Gasteiger partial charge in [0.2, 0.25) is 0 Å². The summed E-state index contributed by atoms with van der Waals surface area (Å²) in [5.74, 6) is 0.581. The van der Waals surface area contributed by atoms with Gasteiger partial charge >= 0.3 is 6.16 Å². The topological polar surface area (TPSA) is 44.8 Å². The molecule has 0 bridgehead atoms. The molecule has 0 radical (unpaired) electrons. The number of hydrogen-bond donors (Lipinski definition) is 0. The molecule has 0 fully saturated rings. The standard InChI is InChI=1S/C20H23FO4/c1-5-14-8-7-9-18(25-20(22)23-4)16(14)12-24-19-11-17(21)15(6-2)10-13(19)3/h7-11H,5-6,12H2,1-4H3. The van der Waals surface area contributed by atoms with Crippen molar-refractivity contribution < 1.29 is 23.4 Å². The molecule has 0 aliphatic rings. The van der Waals surface area contributed by atoms with E-state index < -0.39 is 6.16 Å². The first-order chi connectivity index (χ1) is 12.0. The first kappa shape index (κ1) is 18.8. The molecule has 0 heterocycles. The molecule has 0 aliphatic heterocycles. The zero-order valence-corrected chi connectivity index (χ0v) is 15.0. The number of halogens is 1. The number of benzene rings is 2. The lowest BCUT2D eigenvalue weighted by atomic mass is 10.0. The highest BCUT2D eigenvalue weighted by molar-refractivity contribution is 5.64. The lowest BCUT2D eigenvalue weighted by Crippen LogP contribution is -2.11. The molecule has 0 spiro atoms. The van der Waals surface area contributed by atoms with Crippen LogP contribution in [0, 0.1) is 12.7 Å². The van der Waals surface area contributed by atoms with E-state index in [1.807, 2.05) is 32.9 Å². The molecular weight excluding hydrogens is 323 g/mol. The highest BCUT2D eigenvalue weighted by Crippen LogP contribution is 2.28. The Morgan fingerprint density at radius 3 is 2.44 bits per heavy atom. The molecule has 134 valence electrons. The lowest BCUT2D eigenvalue weighted by Gasteiger charge is -2.16. The minimum absolute atomic E-state index is 0.169. The Labute approximate surface area is 147 Å². The largest absolute Gasteiger partial charge is 0.513 e. The zero-order valence-electron chi connectivity index (χ0n) is 15.0. The van der Waals surface area contributed by atoms with Crippen molar-refractivity contribution in [1.29, 1.82) is 0 Å². The van der Waals surface area contributed by atoms with Crippen LogP contribution in [0.15, 0.2) is 30.3 Å². The molecule has 2 rings (SSSR count). The average molecular weight is 346 g/mol. The average Bonchev–Trinajstić information content (AvgIpc) is 2.62. The smallest absolute Gasteiger partial charge is 0.488 e. The Bertz CT molecular complexity index is 756. The lowest BCUT2D eigenvalue weighted by molar-refractivity contribution is 0.120. The number of ether oxygens (including phenoxy) is 3. The Morgan fingerprint density at radius 1 is 1.08 bits per heavy atom. The quantitative estimate of drug-likeness (QED) is 0.546. The predicted molar refractivity (Wildman–Crippen MR) is 93.7 cm³/mol. The fourth-order valence-electron chi connectivity index (χ4n) is 2.63. The molecular formula is C20H23FO4. The van der Waals surface area contributed by atoms with Crippen molar-refractivity contribution in [3.8, 4) is 11.5 Å². The molecule has 0 amide bonds. The van der Waals surface area contributed by atoms with Crippen molar-refractivity contribution in [2.75, 3.05) is 7.11 Å². The molecule has 0 atom stereocenters. The molecule has 0 aromatic heterocycles. The molecule has 25 heavy (non-hydrogen) atoms. The van der Waals surface area contributed by atoms with Gasteiger partial charge in [0.05, 0.1) is 7.11 Å². The van der Waals surface area contributed by atoms with Crippen molar-refractivity contribution in [3.05, 3.63) is 58.4 Å². The summed E-state index contributed by atoms with van der Waals surface area (Å²) in [6.45, 7) is 5.96. The van der Waals surface area contributed by atoms with Gasteiger partial charge in [0.25, 0.3) is 0 Å². The number of carbonyl (C=O) groups excluding carboxylic acids is 1. The first-order valence-corrected chi connectivity index (χ1v) is 8.28. The molecule has 5 heteroatoms. The van der Waals surface area contributed by atoms with Gasteiger partial charge in [-0.25, -0.2) is 9.18 Å². The van der Waals surface area contributed by atoms with Gasteiger partial charge in [-0.1, -0.05) is 26.0 Å². The molecule has 0 unspecified atom stereocenters. The highest BCUT2D eigenvalue weighted by Gasteiger charge is 2.15. The fourth-order valence-corrected chi connectivity index (χ4v) is 2.63. The van der Waals surface area contributed by atoms with E-state index in [0.717, 1.165) is 23.1 Å². The van der Waals surface area contributed by atoms with Gasteiger partial charge in [-0.3, -0.25) is 0 Å². The van der Waals surface area contributed by atoms with Crippen LogP contribution in [0.25, 0.3) is 0 Å². The summed E-state index contributed by atoms with van der Waals surface area (Å²) in [5, 5.41) is 0. The van der Waals surface area contributed by atoms with E-state index in [4.69, 9.17) is 9.47 Å². The minimum Gasteiger partial charge on any atom is -0.488 e. The van der Waals surface area contributed by atoms with Gasteiger partial charge < -0.3 is 14.2 Å². The Hall–Kier alpha value is -2.56. The number of aryl methyl sites for hydroxylation is 3. The van der Waals surface area contributed by atoms with Crippen molar-refractivity contribution in [1.82, 2.24) is 0 Å². The van der Waals surface area contributed by atoms with Crippen LogP contribution in [0.1, 0.15) is 36.1 Å². The van der Waals surface area contributed by atoms with Crippen LogP contribution in [0.3, 0.4) is 0 Å². The summed E-state index contributed by atoms with van der Waals surface area (Å²) in [7, 11) is 1.25. The van der Waals surface area contributed by atoms with Crippen LogP contribution in [-0.2, 0) is 24.2 Å². The second-order valence-electron chi connectivity index (χ2n) is 5.65. The molecule has 2 aromatic rings. The maximum Gasteiger partial charge on any atom is 0.513 e. The van der Waals surface area contributed by atoms with Gasteiger partial charge in [0.15, 0.2) is 0 Å².